The number of benzene rings is 1. The molecule has 2 saturated carbocycles. The van der Waals surface area contributed by atoms with Crippen LogP contribution in [-0.2, 0) is 4.79 Å². The summed E-state index contributed by atoms with van der Waals surface area (Å²) in [5.74, 6) is 1.92. The molecule has 0 saturated heterocycles. The largest absolute Gasteiger partial charge is 0.348 e. The molecule has 1 aromatic carbocycles. The van der Waals surface area contributed by atoms with E-state index in [9.17, 15) is 4.79 Å². The van der Waals surface area contributed by atoms with Crippen molar-refractivity contribution in [1.29, 1.82) is 0 Å². The summed E-state index contributed by atoms with van der Waals surface area (Å²) in [5, 5.41) is 15.0. The van der Waals surface area contributed by atoms with E-state index < -0.39 is 0 Å². The Hall–Kier alpha value is -2.12. The molecule has 29 heavy (non-hydrogen) atoms. The third-order valence-corrected chi connectivity index (χ3v) is 7.31. The van der Waals surface area contributed by atoms with Gasteiger partial charge >= 0.3 is 0 Å². The summed E-state index contributed by atoms with van der Waals surface area (Å²) in [6.45, 7) is 2.09. The normalized spacial score (nSPS) is 17.3. The summed E-state index contributed by atoms with van der Waals surface area (Å²) < 4.78 is 2.22. The molecule has 0 aliphatic heterocycles. The lowest BCUT2D eigenvalue weighted by Gasteiger charge is -2.19. The maximum absolute atomic E-state index is 12.7. The van der Waals surface area contributed by atoms with Gasteiger partial charge in [0, 0.05) is 6.04 Å². The van der Waals surface area contributed by atoms with Gasteiger partial charge in [0.25, 0.3) is 0 Å². The Bertz CT molecular complexity index is 989. The Morgan fingerprint density at radius 2 is 2.00 bits per heavy atom. The van der Waals surface area contributed by atoms with E-state index in [0.29, 0.717) is 17.7 Å². The molecular formula is C22H24N4OS2. The fourth-order valence-corrected chi connectivity index (χ4v) is 5.16. The van der Waals surface area contributed by atoms with Gasteiger partial charge in [0.2, 0.25) is 5.91 Å². The van der Waals surface area contributed by atoms with E-state index in [1.54, 1.807) is 11.3 Å². The van der Waals surface area contributed by atoms with Gasteiger partial charge in [-0.25, -0.2) is 0 Å². The summed E-state index contributed by atoms with van der Waals surface area (Å²) in [4.78, 5) is 13.9. The highest BCUT2D eigenvalue weighted by Crippen LogP contribution is 2.42. The van der Waals surface area contributed by atoms with Crippen LogP contribution in [0.2, 0.25) is 0 Å². The summed E-state index contributed by atoms with van der Waals surface area (Å²) in [6.07, 6.45) is 4.69. The number of carbonyl (C=O) groups is 1. The Balaban J connectivity index is 1.26. The molecule has 2 heterocycles. The number of thioether (sulfide) groups is 1. The van der Waals surface area contributed by atoms with Crippen LogP contribution < -0.4 is 5.32 Å². The molecule has 7 heteroatoms. The van der Waals surface area contributed by atoms with Crippen LogP contribution in [0.15, 0.2) is 46.9 Å². The molecule has 0 radical (unpaired) electrons. The Kier molecular flexibility index (Phi) is 5.18. The molecule has 1 amide bonds. The number of rotatable bonds is 8. The first kappa shape index (κ1) is 18.9. The van der Waals surface area contributed by atoms with Gasteiger partial charge in [-0.3, -0.25) is 9.36 Å². The van der Waals surface area contributed by atoms with Crippen LogP contribution in [0.4, 0.5) is 0 Å². The molecule has 1 unspecified atom stereocenters. The van der Waals surface area contributed by atoms with Crippen molar-refractivity contribution < 1.29 is 4.79 Å². The first-order chi connectivity index (χ1) is 14.2. The number of aryl methyl sites for hydroxylation is 1. The van der Waals surface area contributed by atoms with E-state index in [-0.39, 0.29) is 11.9 Å². The molecule has 1 atom stereocenters. The minimum absolute atomic E-state index is 0.0653. The zero-order chi connectivity index (χ0) is 19.8. The lowest BCUT2D eigenvalue weighted by atomic mass is 10.0. The number of aromatic nitrogens is 3. The van der Waals surface area contributed by atoms with Gasteiger partial charge in [-0.05, 0) is 55.5 Å². The second-order valence-corrected chi connectivity index (χ2v) is 9.86. The Morgan fingerprint density at radius 1 is 1.21 bits per heavy atom. The van der Waals surface area contributed by atoms with E-state index in [1.807, 2.05) is 6.07 Å². The minimum atomic E-state index is 0.0653. The predicted octanol–water partition coefficient (Wildman–Crippen LogP) is 5.01. The Morgan fingerprint density at radius 3 is 2.66 bits per heavy atom. The van der Waals surface area contributed by atoms with Crippen LogP contribution >= 0.6 is 23.1 Å². The highest BCUT2D eigenvalue weighted by Gasteiger charge is 2.34. The van der Waals surface area contributed by atoms with Gasteiger partial charge in [-0.1, -0.05) is 47.7 Å². The molecule has 3 aromatic rings. The van der Waals surface area contributed by atoms with Crippen molar-refractivity contribution >= 4 is 29.0 Å². The van der Waals surface area contributed by atoms with Gasteiger partial charge in [0.05, 0.1) is 16.7 Å². The number of nitrogens with one attached hydrogen (secondary N) is 1. The first-order valence-corrected chi connectivity index (χ1v) is 12.0. The van der Waals surface area contributed by atoms with Crippen molar-refractivity contribution in [3.63, 3.8) is 0 Å². The van der Waals surface area contributed by atoms with Crippen LogP contribution in [0, 0.1) is 12.8 Å². The number of carbonyl (C=O) groups excluding carboxylic acids is 1. The first-order valence-electron chi connectivity index (χ1n) is 10.2. The van der Waals surface area contributed by atoms with E-state index >= 15 is 0 Å². The van der Waals surface area contributed by atoms with Crippen molar-refractivity contribution in [3.8, 4) is 10.7 Å². The highest BCUT2D eigenvalue weighted by molar-refractivity contribution is 7.99. The van der Waals surface area contributed by atoms with E-state index in [2.05, 4.69) is 62.7 Å². The SMILES string of the molecule is Cc1ccc(C(NC(=O)CSc2nnc(-c3cccs3)n2C2CC2)C2CC2)cc1. The molecule has 1 N–H and O–H groups in total. The van der Waals surface area contributed by atoms with Gasteiger partial charge in [-0.2, -0.15) is 0 Å². The molecule has 2 aliphatic carbocycles. The van der Waals surface area contributed by atoms with Crippen LogP contribution in [0.1, 0.15) is 48.9 Å². The topological polar surface area (TPSA) is 59.8 Å². The molecule has 0 bridgehead atoms. The number of hydrogen-bond donors (Lipinski definition) is 1. The molecule has 5 rings (SSSR count). The zero-order valence-electron chi connectivity index (χ0n) is 16.4. The third-order valence-electron chi connectivity index (χ3n) is 5.50. The quantitative estimate of drug-likeness (QED) is 0.517. The average molecular weight is 425 g/mol. The second-order valence-electron chi connectivity index (χ2n) is 7.97. The molecule has 2 fully saturated rings. The summed E-state index contributed by atoms with van der Waals surface area (Å²) in [5.41, 5.74) is 2.45. The van der Waals surface area contributed by atoms with Crippen LogP contribution in [0.3, 0.4) is 0 Å². The predicted molar refractivity (Wildman–Crippen MR) is 117 cm³/mol. The van der Waals surface area contributed by atoms with Crippen molar-refractivity contribution in [2.24, 2.45) is 5.92 Å². The fraction of sp³-hybridized carbons (Fsp3) is 0.409. The van der Waals surface area contributed by atoms with Crippen molar-refractivity contribution in [2.75, 3.05) is 5.75 Å². The smallest absolute Gasteiger partial charge is 0.230 e. The minimum Gasteiger partial charge on any atom is -0.348 e. The summed E-state index contributed by atoms with van der Waals surface area (Å²) in [6, 6.07) is 13.2. The van der Waals surface area contributed by atoms with Crippen LogP contribution in [-0.4, -0.2) is 26.4 Å². The fourth-order valence-electron chi connectivity index (χ4n) is 3.63. The van der Waals surface area contributed by atoms with E-state index in [1.165, 1.54) is 35.7 Å². The molecule has 2 aliphatic rings. The molecule has 5 nitrogen and oxygen atoms in total. The average Bonchev–Trinajstić information content (AvgIpc) is 3.65. The van der Waals surface area contributed by atoms with Gasteiger partial charge in [-0.15, -0.1) is 21.5 Å². The van der Waals surface area contributed by atoms with Crippen molar-refractivity contribution in [1.82, 2.24) is 20.1 Å². The van der Waals surface area contributed by atoms with Gasteiger partial charge in [0.1, 0.15) is 0 Å². The lowest BCUT2D eigenvalue weighted by molar-refractivity contribution is -0.119. The zero-order valence-corrected chi connectivity index (χ0v) is 18.0. The molecule has 0 spiro atoms. The summed E-state index contributed by atoms with van der Waals surface area (Å²) >= 11 is 3.17. The third kappa shape index (κ3) is 4.26. The van der Waals surface area contributed by atoms with Crippen molar-refractivity contribution in [3.05, 3.63) is 52.9 Å². The number of nitrogens with zero attached hydrogens (tertiary/aromatic N) is 3. The van der Waals surface area contributed by atoms with Crippen LogP contribution in [0.5, 0.6) is 0 Å². The van der Waals surface area contributed by atoms with Crippen molar-refractivity contribution in [2.45, 2.75) is 49.8 Å². The number of hydrogen-bond acceptors (Lipinski definition) is 5. The maximum atomic E-state index is 12.7. The second kappa shape index (κ2) is 7.95. The maximum Gasteiger partial charge on any atom is 0.230 e. The van der Waals surface area contributed by atoms with E-state index in [4.69, 9.17) is 0 Å². The van der Waals surface area contributed by atoms with Gasteiger partial charge < -0.3 is 5.32 Å². The Labute approximate surface area is 178 Å². The summed E-state index contributed by atoms with van der Waals surface area (Å²) in [7, 11) is 0. The van der Waals surface area contributed by atoms with Crippen LogP contribution in [0.25, 0.3) is 10.7 Å². The lowest BCUT2D eigenvalue weighted by Crippen LogP contribution is -2.31. The monoisotopic (exact) mass is 424 g/mol. The van der Waals surface area contributed by atoms with Gasteiger partial charge in [0.15, 0.2) is 11.0 Å². The molecule has 150 valence electrons. The molecular weight excluding hydrogens is 400 g/mol. The number of amides is 1. The standard InChI is InChI=1S/C22H24N4OS2/c1-14-4-6-15(7-5-14)20(16-8-9-16)23-19(27)13-29-22-25-24-21(18-3-2-12-28-18)26(22)17-10-11-17/h2-7,12,16-17,20H,8-11,13H2,1H3,(H,23,27). The van der Waals surface area contributed by atoms with E-state index in [0.717, 1.165) is 28.7 Å². The highest BCUT2D eigenvalue weighted by atomic mass is 32.2. The number of thiophene rings is 1. The molecule has 2 aromatic heterocycles.